The Morgan fingerprint density at radius 2 is 1.95 bits per heavy atom. The molecule has 0 bridgehead atoms. The summed E-state index contributed by atoms with van der Waals surface area (Å²) >= 11 is 0. The third-order valence-corrected chi connectivity index (χ3v) is 8.35. The summed E-state index contributed by atoms with van der Waals surface area (Å²) in [7, 11) is -4.37. The molecule has 14 heteroatoms. The number of alkyl halides is 3. The Labute approximate surface area is 228 Å². The summed E-state index contributed by atoms with van der Waals surface area (Å²) in [6.45, 7) is 6.13. The van der Waals surface area contributed by atoms with Crippen molar-refractivity contribution in [2.24, 2.45) is 0 Å². The maximum absolute atomic E-state index is 14.4. The van der Waals surface area contributed by atoms with Crippen molar-refractivity contribution < 1.29 is 45.1 Å². The van der Waals surface area contributed by atoms with Gasteiger partial charge in [-0.3, -0.25) is 0 Å². The van der Waals surface area contributed by atoms with E-state index in [0.29, 0.717) is 5.69 Å². The molecular weight excluding hydrogens is 555 g/mol. The number of amides is 1. The predicted molar refractivity (Wildman–Crippen MR) is 138 cm³/mol. The number of nitrogens with one attached hydrogen (secondary N) is 1. The highest BCUT2D eigenvalue weighted by Crippen LogP contribution is 2.39. The van der Waals surface area contributed by atoms with Crippen molar-refractivity contribution in [3.8, 4) is 5.75 Å². The van der Waals surface area contributed by atoms with Gasteiger partial charge in [-0.05, 0) is 64.5 Å². The molecule has 1 atom stereocenters. The van der Waals surface area contributed by atoms with Gasteiger partial charge in [-0.1, -0.05) is 17.3 Å². The summed E-state index contributed by atoms with van der Waals surface area (Å²) in [5, 5.41) is 6.44. The number of carbonyl (C=O) groups excluding carboxylic acids is 1. The van der Waals surface area contributed by atoms with E-state index in [1.54, 1.807) is 39.0 Å². The maximum atomic E-state index is 14.4. The highest BCUT2D eigenvalue weighted by molar-refractivity contribution is 7.91. The number of nitrogens with zero attached hydrogens (tertiary/aromatic N) is 2. The minimum Gasteiger partial charge on any atom is -0.490 e. The zero-order valence-corrected chi connectivity index (χ0v) is 22.9. The van der Waals surface area contributed by atoms with Gasteiger partial charge in [0.25, 0.3) is 10.0 Å². The van der Waals surface area contributed by atoms with E-state index in [1.807, 2.05) is 0 Å². The fourth-order valence-electron chi connectivity index (χ4n) is 4.13. The molecule has 0 aliphatic heterocycles. The second-order valence-electron chi connectivity index (χ2n) is 10.2. The number of alkyl carbamates (subject to hydrolysis) is 1. The van der Waals surface area contributed by atoms with Crippen LogP contribution in [0, 0.1) is 0 Å². The number of ether oxygens (including phenoxy) is 3. The van der Waals surface area contributed by atoms with Crippen molar-refractivity contribution in [2.45, 2.75) is 64.0 Å². The number of carbonyl (C=O) groups is 1. The topological polar surface area (TPSA) is 122 Å². The van der Waals surface area contributed by atoms with E-state index in [2.05, 4.69) is 15.2 Å². The van der Waals surface area contributed by atoms with Crippen LogP contribution in [0.1, 0.15) is 45.5 Å². The lowest BCUT2D eigenvalue weighted by Gasteiger charge is -2.33. The van der Waals surface area contributed by atoms with E-state index >= 15 is 0 Å². The van der Waals surface area contributed by atoms with Crippen LogP contribution in [0.2, 0.25) is 0 Å². The third-order valence-electron chi connectivity index (χ3n) is 5.94. The van der Waals surface area contributed by atoms with Crippen molar-refractivity contribution in [3.63, 3.8) is 0 Å². The van der Waals surface area contributed by atoms with Crippen molar-refractivity contribution in [3.05, 3.63) is 72.0 Å². The SMILES string of the molecule is CC(C)(C)OC(=O)NCc1cc2cc(OC(F)(F)F)ccc2n1S(=O)(=O)C1(C)CC=CC=C1OCc1ccon1. The van der Waals surface area contributed by atoms with Crippen LogP contribution in [-0.2, 0) is 32.6 Å². The molecule has 0 radical (unpaired) electrons. The van der Waals surface area contributed by atoms with Crippen LogP contribution in [0.4, 0.5) is 18.0 Å². The second-order valence-corrected chi connectivity index (χ2v) is 12.4. The first-order chi connectivity index (χ1) is 18.6. The summed E-state index contributed by atoms with van der Waals surface area (Å²) < 4.78 is 86.6. The Kier molecular flexibility index (Phi) is 7.67. The molecule has 1 aromatic carbocycles. The standard InChI is InChI=1S/C26H28F3N3O7S/c1-24(2,3)39-23(33)30-15-19-13-17-14-20(38-26(27,28)29)8-9-21(17)32(19)40(34,35)25(4)11-6-5-7-22(25)36-16-18-10-12-37-31-18/h5-10,12-14H,11,15-16H2,1-4H3,(H,30,33). The first-order valence-corrected chi connectivity index (χ1v) is 13.5. The summed E-state index contributed by atoms with van der Waals surface area (Å²) in [5.74, 6) is -0.396. The van der Waals surface area contributed by atoms with Gasteiger partial charge in [-0.2, -0.15) is 0 Å². The van der Waals surface area contributed by atoms with E-state index in [9.17, 15) is 26.4 Å². The molecule has 2 aromatic heterocycles. The van der Waals surface area contributed by atoms with Crippen molar-refractivity contribution in [1.82, 2.24) is 14.4 Å². The number of rotatable bonds is 8. The number of benzene rings is 1. The molecule has 4 rings (SSSR count). The second kappa shape index (κ2) is 10.6. The minimum absolute atomic E-state index is 0.0356. The molecule has 0 saturated heterocycles. The van der Waals surface area contributed by atoms with Crippen LogP contribution in [0.5, 0.6) is 5.75 Å². The van der Waals surface area contributed by atoms with Crippen LogP contribution in [-0.4, -0.2) is 40.4 Å². The van der Waals surface area contributed by atoms with Gasteiger partial charge in [-0.15, -0.1) is 13.2 Å². The Bertz CT molecular complexity index is 1550. The summed E-state index contributed by atoms with van der Waals surface area (Å²) in [6, 6.07) is 6.26. The molecule has 2 heterocycles. The predicted octanol–water partition coefficient (Wildman–Crippen LogP) is 5.55. The van der Waals surface area contributed by atoms with Gasteiger partial charge in [0.05, 0.1) is 17.8 Å². The first-order valence-electron chi connectivity index (χ1n) is 12.1. The smallest absolute Gasteiger partial charge is 0.490 e. The number of halogens is 3. The molecule has 3 aromatic rings. The highest BCUT2D eigenvalue weighted by Gasteiger charge is 2.47. The number of aromatic nitrogens is 2. The van der Waals surface area contributed by atoms with Gasteiger partial charge in [0.2, 0.25) is 0 Å². The van der Waals surface area contributed by atoms with Gasteiger partial charge in [0, 0.05) is 11.5 Å². The average Bonchev–Trinajstić information content (AvgIpc) is 3.47. The minimum atomic E-state index is -4.94. The lowest BCUT2D eigenvalue weighted by molar-refractivity contribution is -0.274. The quantitative estimate of drug-likeness (QED) is 0.366. The maximum Gasteiger partial charge on any atom is 0.573 e. The van der Waals surface area contributed by atoms with E-state index in [1.165, 1.54) is 31.4 Å². The van der Waals surface area contributed by atoms with E-state index in [4.69, 9.17) is 14.0 Å². The fourth-order valence-corrected chi connectivity index (χ4v) is 6.07. The summed E-state index contributed by atoms with van der Waals surface area (Å²) in [5.41, 5.74) is -0.199. The molecule has 1 aliphatic rings. The molecule has 1 unspecified atom stereocenters. The van der Waals surface area contributed by atoms with Gasteiger partial charge in [-0.25, -0.2) is 17.2 Å². The molecule has 10 nitrogen and oxygen atoms in total. The van der Waals surface area contributed by atoms with E-state index in [-0.39, 0.29) is 41.9 Å². The Morgan fingerprint density at radius 3 is 2.60 bits per heavy atom. The molecular formula is C26H28F3N3O7S. The van der Waals surface area contributed by atoms with Gasteiger partial charge < -0.3 is 24.1 Å². The third kappa shape index (κ3) is 6.27. The van der Waals surface area contributed by atoms with Crippen LogP contribution >= 0.6 is 0 Å². The van der Waals surface area contributed by atoms with Crippen LogP contribution in [0.15, 0.2) is 65.1 Å². The van der Waals surface area contributed by atoms with Crippen LogP contribution in [0.25, 0.3) is 10.9 Å². The Hall–Kier alpha value is -3.94. The van der Waals surface area contributed by atoms with Gasteiger partial charge >= 0.3 is 12.5 Å². The van der Waals surface area contributed by atoms with Crippen LogP contribution < -0.4 is 10.1 Å². The normalized spacial score (nSPS) is 17.9. The molecule has 0 fully saturated rings. The largest absolute Gasteiger partial charge is 0.573 e. The van der Waals surface area contributed by atoms with Crippen molar-refractivity contribution in [2.75, 3.05) is 0 Å². The average molecular weight is 584 g/mol. The van der Waals surface area contributed by atoms with Gasteiger partial charge in [0.1, 0.15) is 40.4 Å². The molecule has 216 valence electrons. The number of fused-ring (bicyclic) bond motifs is 1. The lowest BCUT2D eigenvalue weighted by Crippen LogP contribution is -2.43. The highest BCUT2D eigenvalue weighted by atomic mass is 32.2. The first kappa shape index (κ1) is 29.1. The molecule has 40 heavy (non-hydrogen) atoms. The molecule has 0 spiro atoms. The fraction of sp³-hybridized carbons (Fsp3) is 0.385. The lowest BCUT2D eigenvalue weighted by atomic mass is 10.00. The van der Waals surface area contributed by atoms with Crippen molar-refractivity contribution in [1.29, 1.82) is 0 Å². The Morgan fingerprint density at radius 1 is 1.20 bits per heavy atom. The zero-order valence-electron chi connectivity index (χ0n) is 22.1. The van der Waals surface area contributed by atoms with E-state index in [0.717, 1.165) is 16.1 Å². The molecule has 0 saturated carbocycles. The van der Waals surface area contributed by atoms with Crippen molar-refractivity contribution >= 4 is 27.0 Å². The monoisotopic (exact) mass is 583 g/mol. The number of hydrogen-bond acceptors (Lipinski definition) is 8. The molecule has 1 amide bonds. The summed E-state index contributed by atoms with van der Waals surface area (Å²) in [4.78, 5) is 12.3. The van der Waals surface area contributed by atoms with E-state index < -0.39 is 38.6 Å². The van der Waals surface area contributed by atoms with Gasteiger partial charge in [0.15, 0.2) is 0 Å². The van der Waals surface area contributed by atoms with Crippen LogP contribution in [0.3, 0.4) is 0 Å². The summed E-state index contributed by atoms with van der Waals surface area (Å²) in [6.07, 6.45) is 0.512. The molecule has 1 N–H and O–H groups in total. The number of allylic oxidation sites excluding steroid dienone is 3. The zero-order chi connectivity index (χ0) is 29.3. The molecule has 1 aliphatic carbocycles. The number of hydrogen-bond donors (Lipinski definition) is 1. The Balaban J connectivity index is 1.77.